The van der Waals surface area contributed by atoms with Crippen molar-refractivity contribution >= 4 is 23.4 Å². The summed E-state index contributed by atoms with van der Waals surface area (Å²) in [6.07, 6.45) is 3.15. The van der Waals surface area contributed by atoms with Gasteiger partial charge in [-0.15, -0.1) is 0 Å². The molecule has 1 N–H and O–H groups in total. The van der Waals surface area contributed by atoms with Crippen molar-refractivity contribution < 1.29 is 18.4 Å². The summed E-state index contributed by atoms with van der Waals surface area (Å²) in [6, 6.07) is -0.961. The van der Waals surface area contributed by atoms with E-state index >= 15 is 0 Å². The van der Waals surface area contributed by atoms with E-state index in [1.54, 1.807) is 17.8 Å². The molecule has 0 spiro atoms. The summed E-state index contributed by atoms with van der Waals surface area (Å²) in [6.45, 7) is 0.167. The summed E-state index contributed by atoms with van der Waals surface area (Å²) >= 11 is 6.02. The summed E-state index contributed by atoms with van der Waals surface area (Å²) in [7, 11) is 1.70. The summed E-state index contributed by atoms with van der Waals surface area (Å²) in [5.74, 6) is -3.74. The normalized spacial score (nSPS) is 17.5. The van der Waals surface area contributed by atoms with E-state index < -0.39 is 36.9 Å². The number of carbonyl (C=O) groups is 2. The van der Waals surface area contributed by atoms with Crippen molar-refractivity contribution in [3.8, 4) is 11.5 Å². The number of fused-ring (bicyclic) bond motifs is 1. The largest absolute Gasteiger partial charge is 0.346 e. The Morgan fingerprint density at radius 3 is 2.71 bits per heavy atom. The Kier molecular flexibility index (Phi) is 3.90. The molecule has 3 aliphatic rings. The lowest BCUT2D eigenvalue weighted by molar-refractivity contribution is -0.167. The Morgan fingerprint density at radius 1 is 1.42 bits per heavy atom. The first-order valence-electron chi connectivity index (χ1n) is 7.13. The van der Waals surface area contributed by atoms with Crippen molar-refractivity contribution in [3.05, 3.63) is 23.1 Å². The van der Waals surface area contributed by atoms with Gasteiger partial charge in [0.2, 0.25) is 5.91 Å². The molecule has 1 fully saturated rings. The van der Waals surface area contributed by atoms with Gasteiger partial charge in [-0.25, -0.2) is 18.7 Å². The zero-order chi connectivity index (χ0) is 17.6. The second kappa shape index (κ2) is 5.66. The molecule has 24 heavy (non-hydrogen) atoms. The molecular weight excluding hydrogens is 344 g/mol. The third-order valence-electron chi connectivity index (χ3n) is 3.80. The van der Waals surface area contributed by atoms with Gasteiger partial charge in [0.25, 0.3) is 11.8 Å². The maximum atomic E-state index is 12.9. The van der Waals surface area contributed by atoms with Crippen LogP contribution in [-0.4, -0.2) is 56.3 Å². The lowest BCUT2D eigenvalue weighted by Crippen LogP contribution is -2.62. The van der Waals surface area contributed by atoms with Gasteiger partial charge >= 0.3 is 0 Å². The fourth-order valence-corrected chi connectivity index (χ4v) is 2.84. The highest BCUT2D eigenvalue weighted by Gasteiger charge is 2.47. The predicted octanol–water partition coefficient (Wildman–Crippen LogP) is 1.17. The fourth-order valence-electron chi connectivity index (χ4n) is 2.59. The molecule has 0 aromatic carbocycles. The van der Waals surface area contributed by atoms with Gasteiger partial charge in [0.15, 0.2) is 5.82 Å². The van der Waals surface area contributed by atoms with Crippen LogP contribution in [-0.2, 0) is 11.8 Å². The fraction of sp³-hybridized carbons (Fsp3) is 0.429. The minimum absolute atomic E-state index is 0.0352. The second-order valence-electron chi connectivity index (χ2n) is 5.73. The van der Waals surface area contributed by atoms with Crippen LogP contribution >= 0.6 is 11.6 Å². The minimum Gasteiger partial charge on any atom is -0.346 e. The van der Waals surface area contributed by atoms with Gasteiger partial charge in [-0.05, 0) is 6.92 Å². The quantitative estimate of drug-likeness (QED) is 0.894. The highest BCUT2D eigenvalue weighted by molar-refractivity contribution is 6.34. The summed E-state index contributed by atoms with van der Waals surface area (Å²) in [5, 5.41) is 2.44. The number of amides is 2. The zero-order valence-electron chi connectivity index (χ0n) is 12.9. The van der Waals surface area contributed by atoms with E-state index in [1.807, 2.05) is 0 Å². The van der Waals surface area contributed by atoms with Crippen LogP contribution in [0.3, 0.4) is 0 Å². The molecule has 2 amide bonds. The minimum atomic E-state index is -2.85. The first-order valence-corrected chi connectivity index (χ1v) is 7.51. The number of rotatable bonds is 3. The van der Waals surface area contributed by atoms with Crippen LogP contribution in [0, 0.1) is 0 Å². The van der Waals surface area contributed by atoms with E-state index in [-0.39, 0.29) is 10.7 Å². The molecule has 3 aliphatic heterocycles. The van der Waals surface area contributed by atoms with E-state index in [1.165, 1.54) is 13.1 Å². The molecule has 0 bridgehead atoms. The number of carbonyl (C=O) groups excluding carboxylic acids is 2. The summed E-state index contributed by atoms with van der Waals surface area (Å²) in [5.41, 5.74) is 0.519. The van der Waals surface area contributed by atoms with Crippen molar-refractivity contribution in [1.29, 1.82) is 0 Å². The van der Waals surface area contributed by atoms with Crippen LogP contribution in [0.1, 0.15) is 17.3 Å². The Bertz CT molecular complexity index is 786. The van der Waals surface area contributed by atoms with Crippen molar-refractivity contribution in [2.24, 2.45) is 7.05 Å². The van der Waals surface area contributed by atoms with Crippen molar-refractivity contribution in [2.45, 2.75) is 18.9 Å². The molecule has 1 saturated heterocycles. The van der Waals surface area contributed by atoms with Gasteiger partial charge in [0.05, 0.1) is 13.1 Å². The number of nitrogens with one attached hydrogen (secondary N) is 1. The molecule has 10 heteroatoms. The van der Waals surface area contributed by atoms with Crippen LogP contribution in [0.2, 0.25) is 5.15 Å². The monoisotopic (exact) mass is 357 g/mol. The lowest BCUT2D eigenvalue weighted by atomic mass is 10.1. The maximum Gasteiger partial charge on any atom is 0.282 e. The Hall–Kier alpha value is -2.29. The van der Waals surface area contributed by atoms with Crippen molar-refractivity contribution in [2.75, 3.05) is 13.1 Å². The number of hydrogen-bond acceptors (Lipinski definition) is 4. The Morgan fingerprint density at radius 2 is 2.08 bits per heavy atom. The molecule has 0 unspecified atom stereocenters. The van der Waals surface area contributed by atoms with Crippen LogP contribution < -0.4 is 5.32 Å². The smallest absolute Gasteiger partial charge is 0.282 e. The van der Waals surface area contributed by atoms with E-state index in [0.717, 1.165) is 4.90 Å². The van der Waals surface area contributed by atoms with E-state index in [2.05, 4.69) is 15.3 Å². The average molecular weight is 358 g/mol. The van der Waals surface area contributed by atoms with Crippen molar-refractivity contribution in [1.82, 2.24) is 24.8 Å². The molecule has 7 nitrogen and oxygen atoms in total. The first kappa shape index (κ1) is 16.6. The topological polar surface area (TPSA) is 80.1 Å². The number of aryl methyl sites for hydroxylation is 1. The van der Waals surface area contributed by atoms with Gasteiger partial charge in [0.1, 0.15) is 22.5 Å². The molecule has 0 saturated carbocycles. The molecular formula is C14H14ClF2N5O2. The van der Waals surface area contributed by atoms with Gasteiger partial charge in [-0.1, -0.05) is 11.6 Å². The molecule has 0 radical (unpaired) electrons. The van der Waals surface area contributed by atoms with E-state index in [0.29, 0.717) is 11.5 Å². The SMILES string of the molecule is C[C@@H](NC(=O)c1c(Cl)nc2nccn(C)c1-2)C(=O)N1CC(F)(F)C1. The highest BCUT2D eigenvalue weighted by Crippen LogP contribution is 2.30. The number of likely N-dealkylation sites (tertiary alicyclic amines) is 1. The number of aromatic nitrogens is 3. The second-order valence-corrected chi connectivity index (χ2v) is 6.09. The third-order valence-corrected chi connectivity index (χ3v) is 4.07. The van der Waals surface area contributed by atoms with E-state index in [4.69, 9.17) is 11.6 Å². The highest BCUT2D eigenvalue weighted by atomic mass is 35.5. The molecule has 0 aromatic rings. The summed E-state index contributed by atoms with van der Waals surface area (Å²) < 4.78 is 27.3. The van der Waals surface area contributed by atoms with E-state index in [9.17, 15) is 18.4 Å². The number of nitrogens with zero attached hydrogens (tertiary/aromatic N) is 4. The van der Waals surface area contributed by atoms with Gasteiger partial charge in [0, 0.05) is 19.4 Å². The average Bonchev–Trinajstić information content (AvgIpc) is 2.81. The number of hydrogen-bond donors (Lipinski definition) is 1. The Labute approximate surface area is 141 Å². The number of alkyl halides is 2. The molecule has 3 heterocycles. The Balaban J connectivity index is 1.76. The number of halogens is 3. The predicted molar refractivity (Wildman–Crippen MR) is 81.1 cm³/mol. The third kappa shape index (κ3) is 2.79. The molecule has 3 rings (SSSR count). The van der Waals surface area contributed by atoms with Gasteiger partial charge in [-0.2, -0.15) is 0 Å². The first-order chi connectivity index (χ1) is 11.2. The molecule has 0 aromatic heterocycles. The van der Waals surface area contributed by atoms with Gasteiger partial charge in [-0.3, -0.25) is 9.59 Å². The molecule has 0 aliphatic carbocycles. The lowest BCUT2D eigenvalue weighted by Gasteiger charge is -2.40. The maximum absolute atomic E-state index is 12.9. The van der Waals surface area contributed by atoms with Crippen molar-refractivity contribution in [3.63, 3.8) is 0 Å². The molecule has 128 valence electrons. The molecule has 1 atom stereocenters. The van der Waals surface area contributed by atoms with Crippen LogP contribution in [0.5, 0.6) is 0 Å². The van der Waals surface area contributed by atoms with Crippen LogP contribution in [0.15, 0.2) is 12.4 Å². The van der Waals surface area contributed by atoms with Gasteiger partial charge < -0.3 is 14.8 Å². The summed E-state index contributed by atoms with van der Waals surface area (Å²) in [4.78, 5) is 33.5. The van der Waals surface area contributed by atoms with Crippen LogP contribution in [0.4, 0.5) is 8.78 Å². The zero-order valence-corrected chi connectivity index (χ0v) is 13.6. The standard InChI is InChI=1S/C14H14ClF2N5O2/c1-7(13(24)22-5-14(16,17)6-22)19-12(23)8-9-11(20-10(8)15)18-3-4-21(9)2/h3-4,7H,5-6H2,1-2H3,(H,19,23)/t7-/m1/s1. The van der Waals surface area contributed by atoms with Crippen LogP contribution in [0.25, 0.3) is 11.5 Å².